The van der Waals surface area contributed by atoms with Gasteiger partial charge in [-0.25, -0.2) is 0 Å². The van der Waals surface area contributed by atoms with Gasteiger partial charge in [-0.3, -0.25) is 14.9 Å². The van der Waals surface area contributed by atoms with Crippen molar-refractivity contribution in [3.8, 4) is 11.5 Å². The Bertz CT molecular complexity index is 528. The first-order chi connectivity index (χ1) is 9.53. The van der Waals surface area contributed by atoms with E-state index in [2.05, 4.69) is 11.9 Å². The van der Waals surface area contributed by atoms with E-state index in [0.29, 0.717) is 23.7 Å². The van der Waals surface area contributed by atoms with Crippen LogP contribution in [0.5, 0.6) is 11.5 Å². The number of ether oxygens (including phenoxy) is 2. The van der Waals surface area contributed by atoms with Crippen molar-refractivity contribution in [2.24, 2.45) is 0 Å². The fourth-order valence-electron chi connectivity index (χ4n) is 1.64. The molecule has 1 N–H and O–H groups in total. The largest absolute Gasteiger partial charge is 0.493 e. The molecule has 1 aromatic carbocycles. The van der Waals surface area contributed by atoms with Crippen molar-refractivity contribution in [3.63, 3.8) is 0 Å². The summed E-state index contributed by atoms with van der Waals surface area (Å²) < 4.78 is 10.2. The monoisotopic (exact) mass is 280 g/mol. The van der Waals surface area contributed by atoms with Crippen molar-refractivity contribution in [1.29, 1.82) is 0 Å². The number of benzene rings is 1. The van der Waals surface area contributed by atoms with Gasteiger partial charge in [-0.15, -0.1) is 6.58 Å². The Kier molecular flexibility index (Phi) is 5.52. The van der Waals surface area contributed by atoms with Crippen LogP contribution in [0.4, 0.5) is 5.69 Å². The van der Waals surface area contributed by atoms with Gasteiger partial charge in [0, 0.05) is 23.2 Å². The molecule has 0 saturated heterocycles. The van der Waals surface area contributed by atoms with Crippen molar-refractivity contribution in [2.45, 2.75) is 0 Å². The highest BCUT2D eigenvalue weighted by Gasteiger charge is 2.20. The molecule has 0 unspecified atom stereocenters. The van der Waals surface area contributed by atoms with Crippen molar-refractivity contribution < 1.29 is 19.2 Å². The van der Waals surface area contributed by atoms with Gasteiger partial charge in [0.05, 0.1) is 19.8 Å². The predicted molar refractivity (Wildman–Crippen MR) is 74.4 cm³/mol. The summed E-state index contributed by atoms with van der Waals surface area (Å²) in [5.41, 5.74) is 0.621. The van der Waals surface area contributed by atoms with Gasteiger partial charge < -0.3 is 14.8 Å². The average Bonchev–Trinajstić information content (AvgIpc) is 2.43. The van der Waals surface area contributed by atoms with Crippen LogP contribution in [0.2, 0.25) is 0 Å². The minimum atomic E-state index is -0.780. The second-order valence-corrected chi connectivity index (χ2v) is 3.84. The van der Waals surface area contributed by atoms with E-state index < -0.39 is 17.3 Å². The molecule has 108 valence electrons. The van der Waals surface area contributed by atoms with E-state index in [4.69, 9.17) is 9.47 Å². The zero-order chi connectivity index (χ0) is 15.1. The number of nitrogens with zero attached hydrogens (tertiary/aromatic N) is 1. The number of hydrogen-bond donors (Lipinski definition) is 1. The molecule has 0 bridgehead atoms. The topological polar surface area (TPSA) is 90.7 Å². The SMILES string of the molecule is C=CCNc1cc(OC)c(OC)cc1C(=O)C[N+](=O)[O-]. The molecule has 0 aliphatic heterocycles. The van der Waals surface area contributed by atoms with E-state index in [0.717, 1.165) is 0 Å². The maximum absolute atomic E-state index is 11.9. The van der Waals surface area contributed by atoms with Gasteiger partial charge in [0.15, 0.2) is 11.5 Å². The summed E-state index contributed by atoms with van der Waals surface area (Å²) in [6.45, 7) is 3.19. The van der Waals surface area contributed by atoms with E-state index in [1.165, 1.54) is 20.3 Å². The zero-order valence-electron chi connectivity index (χ0n) is 11.3. The highest BCUT2D eigenvalue weighted by molar-refractivity contribution is 6.02. The van der Waals surface area contributed by atoms with E-state index in [-0.39, 0.29) is 5.56 Å². The van der Waals surface area contributed by atoms with E-state index in [1.54, 1.807) is 12.1 Å². The molecule has 0 heterocycles. The number of hydrogen-bond acceptors (Lipinski definition) is 6. The molecular weight excluding hydrogens is 264 g/mol. The quantitative estimate of drug-likeness (QED) is 0.338. The van der Waals surface area contributed by atoms with E-state index in [9.17, 15) is 14.9 Å². The lowest BCUT2D eigenvalue weighted by Crippen LogP contribution is -2.16. The Morgan fingerprint density at radius 3 is 2.50 bits per heavy atom. The van der Waals surface area contributed by atoms with Crippen LogP contribution in [0.25, 0.3) is 0 Å². The maximum Gasteiger partial charge on any atom is 0.265 e. The molecule has 0 aromatic heterocycles. The lowest BCUT2D eigenvalue weighted by molar-refractivity contribution is -0.465. The normalized spacial score (nSPS) is 9.70. The molecule has 0 radical (unpaired) electrons. The molecule has 0 amide bonds. The third kappa shape index (κ3) is 3.71. The van der Waals surface area contributed by atoms with Crippen molar-refractivity contribution in [1.82, 2.24) is 0 Å². The summed E-state index contributed by atoms with van der Waals surface area (Å²) in [5, 5.41) is 13.4. The highest BCUT2D eigenvalue weighted by atomic mass is 16.6. The summed E-state index contributed by atoms with van der Waals surface area (Å²) in [6.07, 6.45) is 1.61. The Morgan fingerprint density at radius 1 is 1.40 bits per heavy atom. The number of nitro groups is 1. The number of anilines is 1. The molecule has 7 nitrogen and oxygen atoms in total. The molecule has 1 aromatic rings. The lowest BCUT2D eigenvalue weighted by Gasteiger charge is -2.14. The molecule has 0 saturated carbocycles. The fourth-order valence-corrected chi connectivity index (χ4v) is 1.64. The van der Waals surface area contributed by atoms with Crippen LogP contribution in [0, 0.1) is 10.1 Å². The zero-order valence-corrected chi connectivity index (χ0v) is 11.3. The molecule has 7 heteroatoms. The van der Waals surface area contributed by atoms with Crippen LogP contribution in [-0.4, -0.2) is 38.0 Å². The van der Waals surface area contributed by atoms with Gasteiger partial charge in [-0.05, 0) is 6.07 Å². The fraction of sp³-hybridized carbons (Fsp3) is 0.308. The van der Waals surface area contributed by atoms with Crippen molar-refractivity contribution in [3.05, 3.63) is 40.5 Å². The number of carbonyl (C=O) groups is 1. The Balaban J connectivity index is 3.25. The first kappa shape index (κ1) is 15.5. The van der Waals surface area contributed by atoms with Gasteiger partial charge in [-0.1, -0.05) is 6.08 Å². The minimum Gasteiger partial charge on any atom is -0.493 e. The first-order valence-corrected chi connectivity index (χ1v) is 5.79. The minimum absolute atomic E-state index is 0.182. The van der Waals surface area contributed by atoms with Crippen molar-refractivity contribution in [2.75, 3.05) is 32.6 Å². The van der Waals surface area contributed by atoms with E-state index >= 15 is 0 Å². The number of carbonyl (C=O) groups excluding carboxylic acids is 1. The standard InChI is InChI=1S/C13H16N2O5/c1-4-5-14-10-7-13(20-3)12(19-2)6-9(10)11(16)8-15(17)18/h4,6-7,14H,1,5,8H2,2-3H3. The van der Waals surface area contributed by atoms with Crippen LogP contribution in [0.3, 0.4) is 0 Å². The predicted octanol–water partition coefficient (Wildman–Crippen LogP) is 1.76. The van der Waals surface area contributed by atoms with Gasteiger partial charge in [0.2, 0.25) is 5.78 Å². The number of Topliss-reactive ketones (excluding diaryl/α,β-unsaturated/α-hetero) is 1. The molecule has 0 spiro atoms. The molecule has 0 aliphatic carbocycles. The molecule has 20 heavy (non-hydrogen) atoms. The molecular formula is C13H16N2O5. The molecule has 0 aliphatic rings. The molecule has 0 atom stereocenters. The van der Waals surface area contributed by atoms with Gasteiger partial charge >= 0.3 is 0 Å². The lowest BCUT2D eigenvalue weighted by atomic mass is 10.1. The van der Waals surface area contributed by atoms with Crippen molar-refractivity contribution >= 4 is 11.5 Å². The maximum atomic E-state index is 11.9. The third-order valence-electron chi connectivity index (χ3n) is 2.53. The summed E-state index contributed by atoms with van der Waals surface area (Å²) in [7, 11) is 2.89. The molecule has 0 fully saturated rings. The number of ketones is 1. The van der Waals surface area contributed by atoms with Crippen LogP contribution in [0.1, 0.15) is 10.4 Å². The van der Waals surface area contributed by atoms with Gasteiger partial charge in [0.25, 0.3) is 6.54 Å². The van der Waals surface area contributed by atoms with Crippen LogP contribution in [-0.2, 0) is 0 Å². The van der Waals surface area contributed by atoms with Gasteiger partial charge in [0.1, 0.15) is 0 Å². The number of nitrogens with one attached hydrogen (secondary N) is 1. The Labute approximate surface area is 116 Å². The summed E-state index contributed by atoms with van der Waals surface area (Å²) in [5.74, 6) is 0.155. The third-order valence-corrected chi connectivity index (χ3v) is 2.53. The van der Waals surface area contributed by atoms with Gasteiger partial charge in [-0.2, -0.15) is 0 Å². The van der Waals surface area contributed by atoms with Crippen LogP contribution in [0.15, 0.2) is 24.8 Å². The Hall–Kier alpha value is -2.57. The summed E-state index contributed by atoms with van der Waals surface area (Å²) in [4.78, 5) is 21.7. The number of rotatable bonds is 8. The number of methoxy groups -OCH3 is 2. The van der Waals surface area contributed by atoms with Crippen LogP contribution < -0.4 is 14.8 Å². The molecule has 1 rings (SSSR count). The second kappa shape index (κ2) is 7.13. The smallest absolute Gasteiger partial charge is 0.265 e. The summed E-state index contributed by atoms with van der Waals surface area (Å²) in [6, 6.07) is 2.99. The Morgan fingerprint density at radius 2 is 2.00 bits per heavy atom. The highest BCUT2D eigenvalue weighted by Crippen LogP contribution is 2.33. The average molecular weight is 280 g/mol. The van der Waals surface area contributed by atoms with Crippen LogP contribution >= 0.6 is 0 Å². The van der Waals surface area contributed by atoms with E-state index in [1.807, 2.05) is 0 Å². The second-order valence-electron chi connectivity index (χ2n) is 3.84. The first-order valence-electron chi connectivity index (χ1n) is 5.79. The summed E-state index contributed by atoms with van der Waals surface area (Å²) >= 11 is 0.